The number of nitrogens with zero attached hydrogens (tertiary/aromatic N) is 1. The maximum atomic E-state index is 11.7. The Bertz CT molecular complexity index is 632. The van der Waals surface area contributed by atoms with Gasteiger partial charge in [0.1, 0.15) is 0 Å². The molecule has 3 nitrogen and oxygen atoms in total. The fourth-order valence-electron chi connectivity index (χ4n) is 1.99. The predicted molar refractivity (Wildman–Crippen MR) is 82.5 cm³/mol. The van der Waals surface area contributed by atoms with Crippen molar-refractivity contribution in [1.29, 1.82) is 0 Å². The first-order valence-electron chi connectivity index (χ1n) is 6.63. The Balaban J connectivity index is 1.71. The second-order valence-corrected chi connectivity index (χ2v) is 6.61. The first-order chi connectivity index (χ1) is 9.61. The highest BCUT2D eigenvalue weighted by Gasteiger charge is 2.30. The van der Waals surface area contributed by atoms with Crippen molar-refractivity contribution in [3.8, 4) is 0 Å². The van der Waals surface area contributed by atoms with Crippen LogP contribution in [0.2, 0.25) is 5.02 Å². The van der Waals surface area contributed by atoms with Gasteiger partial charge in [0.05, 0.1) is 5.69 Å². The summed E-state index contributed by atoms with van der Waals surface area (Å²) in [5.41, 5.74) is 2.18. The van der Waals surface area contributed by atoms with Gasteiger partial charge in [0, 0.05) is 22.2 Å². The van der Waals surface area contributed by atoms with Crippen molar-refractivity contribution < 1.29 is 4.79 Å². The Kier molecular flexibility index (Phi) is 3.76. The van der Waals surface area contributed by atoms with Crippen LogP contribution in [0.5, 0.6) is 0 Å². The van der Waals surface area contributed by atoms with Crippen molar-refractivity contribution >= 4 is 34.0 Å². The van der Waals surface area contributed by atoms with Crippen LogP contribution in [0.4, 0.5) is 5.13 Å². The molecule has 0 radical (unpaired) electrons. The van der Waals surface area contributed by atoms with Gasteiger partial charge in [-0.25, -0.2) is 4.98 Å². The molecular weight excluding hydrogens is 292 g/mol. The molecule has 20 heavy (non-hydrogen) atoms. The molecule has 3 rings (SSSR count). The van der Waals surface area contributed by atoms with Crippen LogP contribution >= 0.6 is 22.9 Å². The van der Waals surface area contributed by atoms with Gasteiger partial charge in [0.15, 0.2) is 5.13 Å². The molecule has 0 bridgehead atoms. The lowest BCUT2D eigenvalue weighted by molar-refractivity contribution is -0.117. The summed E-state index contributed by atoms with van der Waals surface area (Å²) in [6.45, 7) is 1.98. The Morgan fingerprint density at radius 1 is 1.40 bits per heavy atom. The zero-order valence-corrected chi connectivity index (χ0v) is 12.7. The number of aromatic nitrogens is 1. The summed E-state index contributed by atoms with van der Waals surface area (Å²) in [4.78, 5) is 17.3. The van der Waals surface area contributed by atoms with Gasteiger partial charge in [-0.1, -0.05) is 23.7 Å². The van der Waals surface area contributed by atoms with Crippen LogP contribution in [0.15, 0.2) is 24.3 Å². The second-order valence-electron chi connectivity index (χ2n) is 5.09. The number of hydrogen-bond donors (Lipinski definition) is 1. The Labute approximate surface area is 127 Å². The van der Waals surface area contributed by atoms with Gasteiger partial charge in [0.2, 0.25) is 5.91 Å². The Morgan fingerprint density at radius 3 is 2.75 bits per heavy atom. The van der Waals surface area contributed by atoms with Crippen molar-refractivity contribution in [2.45, 2.75) is 26.2 Å². The lowest BCUT2D eigenvalue weighted by Gasteiger charge is -1.99. The standard InChI is InChI=1S/C15H15ClN2OS/c1-9-13(8-10-2-6-12(16)7-3-10)20-15(17-9)18-14(19)11-4-5-11/h2-3,6-7,11H,4-5,8H2,1H3,(H,17,18,19). The van der Waals surface area contributed by atoms with Crippen molar-refractivity contribution in [2.24, 2.45) is 5.92 Å². The molecule has 1 aliphatic rings. The third-order valence-electron chi connectivity index (χ3n) is 3.35. The highest BCUT2D eigenvalue weighted by Crippen LogP contribution is 2.32. The molecule has 0 spiro atoms. The number of carbonyl (C=O) groups is 1. The summed E-state index contributed by atoms with van der Waals surface area (Å²) >= 11 is 7.44. The van der Waals surface area contributed by atoms with Gasteiger partial charge in [-0.2, -0.15) is 0 Å². The van der Waals surface area contributed by atoms with E-state index in [2.05, 4.69) is 10.3 Å². The summed E-state index contributed by atoms with van der Waals surface area (Å²) in [7, 11) is 0. The van der Waals surface area contributed by atoms with Crippen LogP contribution in [-0.2, 0) is 11.2 Å². The Morgan fingerprint density at radius 2 is 2.10 bits per heavy atom. The van der Waals surface area contributed by atoms with Gasteiger partial charge in [0.25, 0.3) is 0 Å². The molecule has 0 atom stereocenters. The molecule has 0 unspecified atom stereocenters. The van der Waals surface area contributed by atoms with E-state index in [1.807, 2.05) is 31.2 Å². The third kappa shape index (κ3) is 3.19. The molecule has 0 aliphatic heterocycles. The van der Waals surface area contributed by atoms with Gasteiger partial charge < -0.3 is 5.32 Å². The summed E-state index contributed by atoms with van der Waals surface area (Å²) in [6, 6.07) is 7.82. The lowest BCUT2D eigenvalue weighted by Crippen LogP contribution is -2.12. The first kappa shape index (κ1) is 13.6. The van der Waals surface area contributed by atoms with Gasteiger partial charge >= 0.3 is 0 Å². The zero-order chi connectivity index (χ0) is 14.1. The van der Waals surface area contributed by atoms with Crippen LogP contribution in [0, 0.1) is 12.8 Å². The average molecular weight is 307 g/mol. The fourth-order valence-corrected chi connectivity index (χ4v) is 3.11. The minimum absolute atomic E-state index is 0.108. The van der Waals surface area contributed by atoms with Crippen molar-refractivity contribution in [2.75, 3.05) is 5.32 Å². The maximum absolute atomic E-state index is 11.7. The third-order valence-corrected chi connectivity index (χ3v) is 4.67. The van der Waals surface area contributed by atoms with Gasteiger partial charge in [-0.05, 0) is 37.5 Å². The number of nitrogens with one attached hydrogen (secondary N) is 1. The van der Waals surface area contributed by atoms with E-state index in [1.165, 1.54) is 10.4 Å². The van der Waals surface area contributed by atoms with E-state index in [9.17, 15) is 4.79 Å². The monoisotopic (exact) mass is 306 g/mol. The first-order valence-corrected chi connectivity index (χ1v) is 7.83. The minimum atomic E-state index is 0.108. The molecule has 104 valence electrons. The van der Waals surface area contributed by atoms with Gasteiger partial charge in [-0.3, -0.25) is 4.79 Å². The number of carbonyl (C=O) groups excluding carboxylic acids is 1. The van der Waals surface area contributed by atoms with Crippen LogP contribution < -0.4 is 5.32 Å². The summed E-state index contributed by atoms with van der Waals surface area (Å²) in [6.07, 6.45) is 2.83. The molecule has 5 heteroatoms. The van der Waals surface area contributed by atoms with E-state index in [-0.39, 0.29) is 11.8 Å². The number of hydrogen-bond acceptors (Lipinski definition) is 3. The van der Waals surface area contributed by atoms with E-state index in [1.54, 1.807) is 11.3 Å². The van der Waals surface area contributed by atoms with E-state index >= 15 is 0 Å². The van der Waals surface area contributed by atoms with Crippen molar-refractivity contribution in [3.63, 3.8) is 0 Å². The highest BCUT2D eigenvalue weighted by molar-refractivity contribution is 7.15. The lowest BCUT2D eigenvalue weighted by atomic mass is 10.1. The number of thiazole rings is 1. The molecule has 1 amide bonds. The van der Waals surface area contributed by atoms with E-state index in [4.69, 9.17) is 11.6 Å². The number of benzene rings is 1. The zero-order valence-electron chi connectivity index (χ0n) is 11.1. The Hall–Kier alpha value is -1.39. The van der Waals surface area contributed by atoms with Crippen molar-refractivity contribution in [1.82, 2.24) is 4.98 Å². The number of rotatable bonds is 4. The smallest absolute Gasteiger partial charge is 0.229 e. The fraction of sp³-hybridized carbons (Fsp3) is 0.333. The maximum Gasteiger partial charge on any atom is 0.229 e. The summed E-state index contributed by atoms with van der Waals surface area (Å²) in [5, 5.41) is 4.36. The molecule has 1 aliphatic carbocycles. The molecule has 1 aromatic heterocycles. The molecule has 0 saturated heterocycles. The summed E-state index contributed by atoms with van der Waals surface area (Å²) in [5.74, 6) is 0.315. The predicted octanol–water partition coefficient (Wildman–Crippen LogP) is 4.04. The molecule has 1 fully saturated rings. The van der Waals surface area contributed by atoms with Crippen LogP contribution in [0.3, 0.4) is 0 Å². The van der Waals surface area contributed by atoms with E-state index in [0.717, 1.165) is 30.0 Å². The number of anilines is 1. The number of halogens is 1. The van der Waals surface area contributed by atoms with Gasteiger partial charge in [-0.15, -0.1) is 11.3 Å². The number of amides is 1. The SMILES string of the molecule is Cc1nc(NC(=O)C2CC2)sc1Cc1ccc(Cl)cc1. The summed E-state index contributed by atoms with van der Waals surface area (Å²) < 4.78 is 0. The normalized spacial score (nSPS) is 14.3. The van der Waals surface area contributed by atoms with Crippen molar-refractivity contribution in [3.05, 3.63) is 45.4 Å². The average Bonchev–Trinajstić information content (AvgIpc) is 3.20. The molecule has 1 aromatic carbocycles. The van der Waals surface area contributed by atoms with Crippen LogP contribution in [0.1, 0.15) is 29.0 Å². The largest absolute Gasteiger partial charge is 0.302 e. The molecular formula is C15H15ClN2OS. The molecule has 1 heterocycles. The van der Waals surface area contributed by atoms with Crippen LogP contribution in [0.25, 0.3) is 0 Å². The minimum Gasteiger partial charge on any atom is -0.302 e. The molecule has 2 aromatic rings. The quantitative estimate of drug-likeness (QED) is 0.926. The van der Waals surface area contributed by atoms with Crippen LogP contribution in [-0.4, -0.2) is 10.9 Å². The van der Waals surface area contributed by atoms with E-state index < -0.39 is 0 Å². The highest BCUT2D eigenvalue weighted by atomic mass is 35.5. The molecule has 1 N–H and O–H groups in total. The number of aryl methyl sites for hydroxylation is 1. The second kappa shape index (κ2) is 5.54. The topological polar surface area (TPSA) is 42.0 Å². The van der Waals surface area contributed by atoms with E-state index in [0.29, 0.717) is 5.13 Å². The molecule has 1 saturated carbocycles.